The molecule has 0 bridgehead atoms. The summed E-state index contributed by atoms with van der Waals surface area (Å²) in [6, 6.07) is 15.6. The molecule has 1 fully saturated rings. The molecule has 1 heterocycles. The van der Waals surface area contributed by atoms with Gasteiger partial charge in [-0.15, -0.1) is 0 Å². The van der Waals surface area contributed by atoms with Gasteiger partial charge in [-0.05, 0) is 48.2 Å². The van der Waals surface area contributed by atoms with Crippen LogP contribution in [0.15, 0.2) is 48.5 Å². The minimum atomic E-state index is -0.308. The number of aryl methyl sites for hydroxylation is 1. The fraction of sp³-hybridized carbons (Fsp3) is 0.333. The number of fused-ring (bicyclic) bond motifs is 1. The molecule has 0 unspecified atom stereocenters. The Kier molecular flexibility index (Phi) is 4.37. The molecule has 5 nitrogen and oxygen atoms in total. The number of amides is 2. The van der Waals surface area contributed by atoms with E-state index in [1.807, 2.05) is 36.4 Å². The van der Waals surface area contributed by atoms with E-state index < -0.39 is 0 Å². The van der Waals surface area contributed by atoms with E-state index in [-0.39, 0.29) is 30.2 Å². The summed E-state index contributed by atoms with van der Waals surface area (Å²) in [5.41, 5.74) is 3.31. The first-order valence-electron chi connectivity index (χ1n) is 8.98. The number of methoxy groups -OCH3 is 1. The summed E-state index contributed by atoms with van der Waals surface area (Å²) in [5, 5.41) is 3.15. The fourth-order valence-corrected chi connectivity index (χ4v) is 3.89. The molecule has 4 rings (SSSR count). The molecule has 5 heteroatoms. The Labute approximate surface area is 153 Å². The Morgan fingerprint density at radius 3 is 2.69 bits per heavy atom. The molecule has 2 aromatic carbocycles. The molecule has 134 valence electrons. The summed E-state index contributed by atoms with van der Waals surface area (Å²) in [5.74, 6) is 0.394. The fourth-order valence-electron chi connectivity index (χ4n) is 3.89. The Morgan fingerprint density at radius 1 is 1.15 bits per heavy atom. The minimum absolute atomic E-state index is 0.0119. The van der Waals surface area contributed by atoms with Gasteiger partial charge in [0.2, 0.25) is 11.8 Å². The molecule has 2 aromatic rings. The van der Waals surface area contributed by atoms with Crippen molar-refractivity contribution in [2.75, 3.05) is 18.6 Å². The lowest BCUT2D eigenvalue weighted by atomic mass is 10.1. The SMILES string of the molecule is COc1ccc(N2C[C@@H](C(=O)N[C@H]3CCc4ccccc43)CC2=O)cc1. The van der Waals surface area contributed by atoms with Gasteiger partial charge in [0.15, 0.2) is 0 Å². The molecule has 2 aliphatic rings. The monoisotopic (exact) mass is 350 g/mol. The molecule has 1 aliphatic carbocycles. The quantitative estimate of drug-likeness (QED) is 0.922. The summed E-state index contributed by atoms with van der Waals surface area (Å²) in [4.78, 5) is 26.8. The number of hydrogen-bond acceptors (Lipinski definition) is 3. The standard InChI is InChI=1S/C21H22N2O3/c1-26-17-9-7-16(8-10-17)23-13-15(12-20(23)24)21(25)22-19-11-6-14-4-2-3-5-18(14)19/h2-5,7-10,15,19H,6,11-13H2,1H3,(H,22,25)/t15-,19-/m0/s1. The topological polar surface area (TPSA) is 58.6 Å². The summed E-state index contributed by atoms with van der Waals surface area (Å²) in [6.07, 6.45) is 2.17. The third-order valence-electron chi connectivity index (χ3n) is 5.33. The third-order valence-corrected chi connectivity index (χ3v) is 5.33. The second-order valence-corrected chi connectivity index (χ2v) is 6.90. The highest BCUT2D eigenvalue weighted by Gasteiger charge is 2.36. The second-order valence-electron chi connectivity index (χ2n) is 6.90. The number of ether oxygens (including phenoxy) is 1. The van der Waals surface area contributed by atoms with Crippen LogP contribution in [0.25, 0.3) is 0 Å². The van der Waals surface area contributed by atoms with E-state index in [0.29, 0.717) is 6.54 Å². The van der Waals surface area contributed by atoms with Crippen molar-refractivity contribution in [2.24, 2.45) is 5.92 Å². The van der Waals surface area contributed by atoms with Crippen LogP contribution in [0.2, 0.25) is 0 Å². The molecule has 0 saturated carbocycles. The van der Waals surface area contributed by atoms with Crippen LogP contribution in [0, 0.1) is 5.92 Å². The van der Waals surface area contributed by atoms with Gasteiger partial charge in [0.1, 0.15) is 5.75 Å². The van der Waals surface area contributed by atoms with Crippen LogP contribution < -0.4 is 15.0 Å². The summed E-state index contributed by atoms with van der Waals surface area (Å²) >= 11 is 0. The number of carbonyl (C=O) groups excluding carboxylic acids is 2. The highest BCUT2D eigenvalue weighted by atomic mass is 16.5. The minimum Gasteiger partial charge on any atom is -0.497 e. The van der Waals surface area contributed by atoms with Crippen LogP contribution in [-0.4, -0.2) is 25.5 Å². The lowest BCUT2D eigenvalue weighted by Crippen LogP contribution is -2.34. The van der Waals surface area contributed by atoms with Crippen molar-refractivity contribution < 1.29 is 14.3 Å². The highest BCUT2D eigenvalue weighted by molar-refractivity contribution is 6.00. The van der Waals surface area contributed by atoms with Gasteiger partial charge in [0, 0.05) is 18.7 Å². The molecule has 2 atom stereocenters. The maximum atomic E-state index is 12.7. The van der Waals surface area contributed by atoms with Crippen molar-refractivity contribution in [1.29, 1.82) is 0 Å². The van der Waals surface area contributed by atoms with Gasteiger partial charge in [0.05, 0.1) is 19.1 Å². The zero-order chi connectivity index (χ0) is 18.1. The smallest absolute Gasteiger partial charge is 0.227 e. The first-order valence-corrected chi connectivity index (χ1v) is 8.98. The average Bonchev–Trinajstić information content (AvgIpc) is 3.26. The Balaban J connectivity index is 1.42. The van der Waals surface area contributed by atoms with Crippen LogP contribution in [0.3, 0.4) is 0 Å². The maximum absolute atomic E-state index is 12.7. The molecule has 1 N–H and O–H groups in total. The Morgan fingerprint density at radius 2 is 1.92 bits per heavy atom. The van der Waals surface area contributed by atoms with Gasteiger partial charge >= 0.3 is 0 Å². The van der Waals surface area contributed by atoms with E-state index in [1.165, 1.54) is 11.1 Å². The summed E-state index contributed by atoms with van der Waals surface area (Å²) < 4.78 is 5.15. The van der Waals surface area contributed by atoms with Crippen molar-refractivity contribution >= 4 is 17.5 Å². The number of hydrogen-bond donors (Lipinski definition) is 1. The van der Waals surface area contributed by atoms with Gasteiger partial charge < -0.3 is 15.0 Å². The number of benzene rings is 2. The van der Waals surface area contributed by atoms with E-state index >= 15 is 0 Å². The van der Waals surface area contributed by atoms with Gasteiger partial charge in [-0.2, -0.15) is 0 Å². The average molecular weight is 350 g/mol. The molecular formula is C21H22N2O3. The van der Waals surface area contributed by atoms with Crippen molar-refractivity contribution in [3.05, 3.63) is 59.7 Å². The van der Waals surface area contributed by atoms with E-state index in [1.54, 1.807) is 12.0 Å². The van der Waals surface area contributed by atoms with Gasteiger partial charge in [-0.25, -0.2) is 0 Å². The van der Waals surface area contributed by atoms with Crippen molar-refractivity contribution in [1.82, 2.24) is 5.32 Å². The third kappa shape index (κ3) is 3.05. The molecule has 0 radical (unpaired) electrons. The van der Waals surface area contributed by atoms with Gasteiger partial charge in [0.25, 0.3) is 0 Å². The number of nitrogens with zero attached hydrogens (tertiary/aromatic N) is 1. The second kappa shape index (κ2) is 6.83. The molecule has 0 spiro atoms. The Bertz CT molecular complexity index is 831. The predicted molar refractivity (Wildman–Crippen MR) is 99.1 cm³/mol. The van der Waals surface area contributed by atoms with Crippen LogP contribution in [0.4, 0.5) is 5.69 Å². The zero-order valence-electron chi connectivity index (χ0n) is 14.8. The largest absolute Gasteiger partial charge is 0.497 e. The Hall–Kier alpha value is -2.82. The van der Waals surface area contributed by atoms with E-state index in [4.69, 9.17) is 4.74 Å². The number of nitrogens with one attached hydrogen (secondary N) is 1. The van der Waals surface area contributed by atoms with E-state index in [9.17, 15) is 9.59 Å². The van der Waals surface area contributed by atoms with Crippen LogP contribution in [-0.2, 0) is 16.0 Å². The van der Waals surface area contributed by atoms with E-state index in [0.717, 1.165) is 24.3 Å². The van der Waals surface area contributed by atoms with Crippen LogP contribution in [0.5, 0.6) is 5.75 Å². The van der Waals surface area contributed by atoms with Crippen LogP contribution >= 0.6 is 0 Å². The lowest BCUT2D eigenvalue weighted by Gasteiger charge is -2.19. The number of anilines is 1. The first-order chi connectivity index (χ1) is 12.7. The predicted octanol–water partition coefficient (Wildman–Crippen LogP) is 2.85. The lowest BCUT2D eigenvalue weighted by molar-refractivity contribution is -0.127. The van der Waals surface area contributed by atoms with Crippen molar-refractivity contribution in [3.8, 4) is 5.75 Å². The molecule has 1 saturated heterocycles. The molecule has 26 heavy (non-hydrogen) atoms. The molecule has 2 amide bonds. The van der Waals surface area contributed by atoms with Gasteiger partial charge in [-0.3, -0.25) is 9.59 Å². The molecule has 0 aromatic heterocycles. The molecular weight excluding hydrogens is 328 g/mol. The zero-order valence-corrected chi connectivity index (χ0v) is 14.8. The van der Waals surface area contributed by atoms with Crippen molar-refractivity contribution in [3.63, 3.8) is 0 Å². The van der Waals surface area contributed by atoms with Gasteiger partial charge in [-0.1, -0.05) is 24.3 Å². The number of carbonyl (C=O) groups is 2. The molecule has 1 aliphatic heterocycles. The highest BCUT2D eigenvalue weighted by Crippen LogP contribution is 2.32. The first kappa shape index (κ1) is 16.6. The number of rotatable bonds is 4. The normalized spacial score (nSPS) is 21.6. The maximum Gasteiger partial charge on any atom is 0.227 e. The van der Waals surface area contributed by atoms with Crippen LogP contribution in [0.1, 0.15) is 30.0 Å². The van der Waals surface area contributed by atoms with E-state index in [2.05, 4.69) is 17.4 Å². The summed E-state index contributed by atoms with van der Waals surface area (Å²) in [7, 11) is 1.61. The van der Waals surface area contributed by atoms with Crippen molar-refractivity contribution in [2.45, 2.75) is 25.3 Å². The summed E-state index contributed by atoms with van der Waals surface area (Å²) in [6.45, 7) is 0.422.